The van der Waals surface area contributed by atoms with Crippen molar-refractivity contribution in [3.05, 3.63) is 0 Å². The Hall–Kier alpha value is -0.220. The van der Waals surface area contributed by atoms with Crippen molar-refractivity contribution >= 4 is 17.7 Å². The first kappa shape index (κ1) is 18.8. The molecular formula is C17H33NO2S. The third-order valence-electron chi connectivity index (χ3n) is 4.28. The number of hydrogen-bond donors (Lipinski definition) is 1. The summed E-state index contributed by atoms with van der Waals surface area (Å²) in [7, 11) is 0. The molecule has 1 aliphatic carbocycles. The Morgan fingerprint density at radius 2 is 2.05 bits per heavy atom. The van der Waals surface area contributed by atoms with E-state index >= 15 is 0 Å². The van der Waals surface area contributed by atoms with E-state index in [1.165, 1.54) is 31.4 Å². The van der Waals surface area contributed by atoms with Crippen LogP contribution in [0.15, 0.2) is 0 Å². The van der Waals surface area contributed by atoms with E-state index in [-0.39, 0.29) is 5.97 Å². The molecule has 0 aromatic carbocycles. The molecule has 4 heteroatoms. The van der Waals surface area contributed by atoms with Crippen molar-refractivity contribution in [3.63, 3.8) is 0 Å². The second-order valence-corrected chi connectivity index (χ2v) is 7.95. The molecule has 0 saturated heterocycles. The van der Waals surface area contributed by atoms with E-state index in [1.54, 1.807) is 0 Å². The highest BCUT2D eigenvalue weighted by Gasteiger charge is 2.35. The number of hydrogen-bond acceptors (Lipinski definition) is 4. The summed E-state index contributed by atoms with van der Waals surface area (Å²) in [6.45, 7) is 9.53. The summed E-state index contributed by atoms with van der Waals surface area (Å²) in [6, 6.07) is 0. The highest BCUT2D eigenvalue weighted by atomic mass is 32.2. The van der Waals surface area contributed by atoms with E-state index in [4.69, 9.17) is 4.74 Å². The molecule has 1 aliphatic rings. The van der Waals surface area contributed by atoms with Crippen LogP contribution in [0.3, 0.4) is 0 Å². The highest BCUT2D eigenvalue weighted by Crippen LogP contribution is 2.31. The maximum absolute atomic E-state index is 12.3. The van der Waals surface area contributed by atoms with E-state index in [0.717, 1.165) is 25.3 Å². The average molecular weight is 316 g/mol. The smallest absolute Gasteiger partial charge is 0.326 e. The number of nitrogens with one attached hydrogen (secondary N) is 1. The second kappa shape index (κ2) is 9.73. The maximum atomic E-state index is 12.3. The Morgan fingerprint density at radius 1 is 1.38 bits per heavy atom. The van der Waals surface area contributed by atoms with Crippen molar-refractivity contribution in [2.75, 3.05) is 18.9 Å². The van der Waals surface area contributed by atoms with Crippen molar-refractivity contribution in [3.8, 4) is 0 Å². The van der Waals surface area contributed by atoms with Gasteiger partial charge in [0.05, 0.1) is 6.61 Å². The van der Waals surface area contributed by atoms with Crippen molar-refractivity contribution in [1.82, 2.24) is 5.32 Å². The van der Waals surface area contributed by atoms with Crippen molar-refractivity contribution in [2.45, 2.75) is 77.0 Å². The first-order valence-corrected chi connectivity index (χ1v) is 9.60. The van der Waals surface area contributed by atoms with Crippen LogP contribution in [-0.2, 0) is 9.53 Å². The zero-order valence-electron chi connectivity index (χ0n) is 14.2. The maximum Gasteiger partial charge on any atom is 0.326 e. The number of ether oxygens (including phenoxy) is 1. The fourth-order valence-corrected chi connectivity index (χ4v) is 4.42. The van der Waals surface area contributed by atoms with Crippen LogP contribution in [-0.4, -0.2) is 35.7 Å². The molecule has 3 nitrogen and oxygen atoms in total. The van der Waals surface area contributed by atoms with Gasteiger partial charge in [0.25, 0.3) is 0 Å². The lowest BCUT2D eigenvalue weighted by molar-refractivity contribution is -0.150. The van der Waals surface area contributed by atoms with Crippen LogP contribution < -0.4 is 5.32 Å². The van der Waals surface area contributed by atoms with E-state index in [0.29, 0.717) is 11.9 Å². The predicted octanol–water partition coefficient (Wildman–Crippen LogP) is 4.01. The fourth-order valence-electron chi connectivity index (χ4n) is 3.03. The van der Waals surface area contributed by atoms with Crippen molar-refractivity contribution < 1.29 is 9.53 Å². The minimum atomic E-state index is -0.548. The van der Waals surface area contributed by atoms with Crippen molar-refractivity contribution in [2.24, 2.45) is 5.92 Å². The largest absolute Gasteiger partial charge is 0.465 e. The zero-order chi connectivity index (χ0) is 15.7. The molecule has 21 heavy (non-hydrogen) atoms. The molecule has 0 aromatic heterocycles. The molecule has 2 atom stereocenters. The summed E-state index contributed by atoms with van der Waals surface area (Å²) >= 11 is 2.02. The van der Waals surface area contributed by atoms with Crippen LogP contribution in [0, 0.1) is 5.92 Å². The molecule has 0 aliphatic heterocycles. The van der Waals surface area contributed by atoms with Gasteiger partial charge in [0.1, 0.15) is 5.54 Å². The lowest BCUT2D eigenvalue weighted by atomic mass is 9.96. The van der Waals surface area contributed by atoms with Crippen LogP contribution >= 0.6 is 11.8 Å². The van der Waals surface area contributed by atoms with Gasteiger partial charge in [-0.05, 0) is 57.7 Å². The average Bonchev–Trinajstić information content (AvgIpc) is 2.96. The normalized spacial score (nSPS) is 20.2. The summed E-state index contributed by atoms with van der Waals surface area (Å²) in [4.78, 5) is 12.3. The molecule has 0 heterocycles. The molecule has 2 unspecified atom stereocenters. The summed E-state index contributed by atoms with van der Waals surface area (Å²) < 4.78 is 5.27. The van der Waals surface area contributed by atoms with E-state index in [1.807, 2.05) is 25.6 Å². The zero-order valence-corrected chi connectivity index (χ0v) is 15.1. The lowest BCUT2D eigenvalue weighted by Crippen LogP contribution is -2.52. The van der Waals surface area contributed by atoms with Gasteiger partial charge in [-0.15, -0.1) is 0 Å². The SMILES string of the molecule is CCCNC(C)(CC(C)SCC1CCCC1)C(=O)OCC. The third kappa shape index (κ3) is 6.60. The van der Waals surface area contributed by atoms with Gasteiger partial charge in [-0.1, -0.05) is 26.7 Å². The van der Waals surface area contributed by atoms with Gasteiger partial charge in [-0.3, -0.25) is 4.79 Å². The quantitative estimate of drug-likeness (QED) is 0.618. The Balaban J connectivity index is 2.46. The third-order valence-corrected chi connectivity index (χ3v) is 5.68. The Bertz CT molecular complexity index is 305. The standard InChI is InChI=1S/C17H33NO2S/c1-5-11-18-17(4,16(19)20-6-2)12-14(3)21-13-15-9-7-8-10-15/h14-15,18H,5-13H2,1-4H3. The van der Waals surface area contributed by atoms with Gasteiger partial charge < -0.3 is 10.1 Å². The summed E-state index contributed by atoms with van der Waals surface area (Å²) in [5, 5.41) is 3.88. The fraction of sp³-hybridized carbons (Fsp3) is 0.941. The molecule has 1 saturated carbocycles. The first-order valence-electron chi connectivity index (χ1n) is 8.55. The Labute approximate surface area is 135 Å². The summed E-state index contributed by atoms with van der Waals surface area (Å²) in [5.41, 5.74) is -0.548. The Morgan fingerprint density at radius 3 is 2.62 bits per heavy atom. The van der Waals surface area contributed by atoms with Gasteiger partial charge in [0, 0.05) is 5.25 Å². The molecule has 124 valence electrons. The van der Waals surface area contributed by atoms with Crippen LogP contribution in [0.2, 0.25) is 0 Å². The molecule has 1 N–H and O–H groups in total. The molecular weight excluding hydrogens is 282 g/mol. The van der Waals surface area contributed by atoms with Gasteiger partial charge in [0.15, 0.2) is 0 Å². The highest BCUT2D eigenvalue weighted by molar-refractivity contribution is 7.99. The number of esters is 1. The van der Waals surface area contributed by atoms with Gasteiger partial charge in [0.2, 0.25) is 0 Å². The number of thioether (sulfide) groups is 1. The molecule has 1 rings (SSSR count). The monoisotopic (exact) mass is 315 g/mol. The topological polar surface area (TPSA) is 38.3 Å². The van der Waals surface area contributed by atoms with Crippen LogP contribution in [0.25, 0.3) is 0 Å². The molecule has 0 bridgehead atoms. The van der Waals surface area contributed by atoms with E-state index < -0.39 is 5.54 Å². The number of carbonyl (C=O) groups is 1. The van der Waals surface area contributed by atoms with Crippen LogP contribution in [0.5, 0.6) is 0 Å². The second-order valence-electron chi connectivity index (χ2n) is 6.48. The minimum Gasteiger partial charge on any atom is -0.465 e. The van der Waals surface area contributed by atoms with Gasteiger partial charge in [-0.2, -0.15) is 11.8 Å². The lowest BCUT2D eigenvalue weighted by Gasteiger charge is -2.31. The number of carbonyl (C=O) groups excluding carboxylic acids is 1. The molecule has 1 fully saturated rings. The van der Waals surface area contributed by atoms with E-state index in [2.05, 4.69) is 19.2 Å². The predicted molar refractivity (Wildman–Crippen MR) is 91.8 cm³/mol. The molecule has 0 aromatic rings. The molecule has 0 radical (unpaired) electrons. The summed E-state index contributed by atoms with van der Waals surface area (Å²) in [5.74, 6) is 2.04. The van der Waals surface area contributed by atoms with Crippen LogP contribution in [0.4, 0.5) is 0 Å². The van der Waals surface area contributed by atoms with Gasteiger partial charge >= 0.3 is 5.97 Å². The summed E-state index contributed by atoms with van der Waals surface area (Å²) in [6.07, 6.45) is 7.45. The van der Waals surface area contributed by atoms with E-state index in [9.17, 15) is 4.79 Å². The van der Waals surface area contributed by atoms with Crippen LogP contribution in [0.1, 0.15) is 66.2 Å². The molecule has 0 spiro atoms. The Kier molecular flexibility index (Phi) is 8.72. The van der Waals surface area contributed by atoms with Crippen molar-refractivity contribution in [1.29, 1.82) is 0 Å². The first-order chi connectivity index (χ1) is 10.0. The number of rotatable bonds is 10. The minimum absolute atomic E-state index is 0.105. The molecule has 0 amide bonds. The van der Waals surface area contributed by atoms with Gasteiger partial charge in [-0.25, -0.2) is 0 Å².